The molecule has 0 spiro atoms. The van der Waals surface area contributed by atoms with E-state index in [1.54, 1.807) is 0 Å². The molecule has 0 saturated heterocycles. The molecule has 0 aliphatic heterocycles. The lowest BCUT2D eigenvalue weighted by atomic mass is 10.1. The zero-order valence-electron chi connectivity index (χ0n) is 6.60. The summed E-state index contributed by atoms with van der Waals surface area (Å²) in [6, 6.07) is 0. The van der Waals surface area contributed by atoms with Crippen LogP contribution in [-0.2, 0) is 0 Å². The third-order valence-electron chi connectivity index (χ3n) is 2.08. The summed E-state index contributed by atoms with van der Waals surface area (Å²) in [5.41, 5.74) is 0. The molecule has 58 valence electrons. The minimum Gasteiger partial charge on any atom is -0.110 e. The summed E-state index contributed by atoms with van der Waals surface area (Å²) in [7, 11) is 2.85. The van der Waals surface area contributed by atoms with Gasteiger partial charge in [0.25, 0.3) is 0 Å². The van der Waals surface area contributed by atoms with Crippen molar-refractivity contribution in [2.75, 3.05) is 0 Å². The molecule has 1 unspecified atom stereocenters. The van der Waals surface area contributed by atoms with Gasteiger partial charge in [-0.3, -0.25) is 0 Å². The van der Waals surface area contributed by atoms with Gasteiger partial charge in [0.15, 0.2) is 0 Å². The van der Waals surface area contributed by atoms with Crippen molar-refractivity contribution in [1.82, 2.24) is 0 Å². The van der Waals surface area contributed by atoms with Gasteiger partial charge in [-0.25, -0.2) is 0 Å². The highest BCUT2D eigenvalue weighted by molar-refractivity contribution is 7.22. The van der Waals surface area contributed by atoms with Gasteiger partial charge < -0.3 is 0 Å². The second kappa shape index (κ2) is 4.91. The Morgan fingerprint density at radius 3 is 2.60 bits per heavy atom. The maximum absolute atomic E-state index is 2.85. The first-order valence-corrected chi connectivity index (χ1v) is 4.92. The van der Waals surface area contributed by atoms with Gasteiger partial charge in [-0.2, -0.15) is 0 Å². The Morgan fingerprint density at radius 1 is 1.00 bits per heavy atom. The smallest absolute Gasteiger partial charge is 0.0283 e. The average Bonchev–Trinajstić information content (AvgIpc) is 2.02. The molecule has 0 heterocycles. The van der Waals surface area contributed by atoms with E-state index in [-0.39, 0.29) is 0 Å². The van der Waals surface area contributed by atoms with E-state index in [0.717, 1.165) is 0 Å². The highest BCUT2D eigenvalue weighted by Gasteiger charge is 1.95. The molecular formula is C9H17P. The zero-order chi connectivity index (χ0) is 7.23. The first-order valence-electron chi connectivity index (χ1n) is 4.34. The Balaban J connectivity index is 2.29. The Morgan fingerprint density at radius 2 is 1.70 bits per heavy atom. The molecule has 0 bridgehead atoms. The summed E-state index contributed by atoms with van der Waals surface area (Å²) in [5, 5.41) is 1.53. The molecule has 0 N–H and O–H groups in total. The number of allylic oxidation sites excluding steroid dienone is 2. The zero-order valence-corrected chi connectivity index (χ0v) is 7.76. The second-order valence-corrected chi connectivity index (χ2v) is 3.83. The summed E-state index contributed by atoms with van der Waals surface area (Å²) >= 11 is 0. The van der Waals surface area contributed by atoms with Crippen molar-refractivity contribution < 1.29 is 0 Å². The molecule has 0 aromatic rings. The third-order valence-corrected chi connectivity index (χ3v) is 2.60. The lowest BCUT2D eigenvalue weighted by molar-refractivity contribution is 0.631. The molecule has 0 aromatic carbocycles. The van der Waals surface area contributed by atoms with Gasteiger partial charge in [0.1, 0.15) is 0 Å². The summed E-state index contributed by atoms with van der Waals surface area (Å²) < 4.78 is 0. The fraction of sp³-hybridized carbons (Fsp3) is 0.778. The largest absolute Gasteiger partial charge is 0.110 e. The van der Waals surface area contributed by atoms with Crippen LogP contribution in [0.3, 0.4) is 0 Å². The van der Waals surface area contributed by atoms with Crippen molar-refractivity contribution >= 4 is 9.24 Å². The van der Waals surface area contributed by atoms with Crippen molar-refractivity contribution in [3.05, 3.63) is 11.4 Å². The van der Waals surface area contributed by atoms with Gasteiger partial charge in [0.05, 0.1) is 0 Å². The maximum Gasteiger partial charge on any atom is -0.0283 e. The van der Waals surface area contributed by atoms with E-state index >= 15 is 0 Å². The molecule has 10 heavy (non-hydrogen) atoms. The highest BCUT2D eigenvalue weighted by atomic mass is 31.0. The SMILES string of the molecule is P/C1=C/CCCCCCC1. The van der Waals surface area contributed by atoms with Crippen molar-refractivity contribution in [2.24, 2.45) is 0 Å². The van der Waals surface area contributed by atoms with Crippen LogP contribution in [0.15, 0.2) is 11.4 Å². The van der Waals surface area contributed by atoms with Gasteiger partial charge >= 0.3 is 0 Å². The van der Waals surface area contributed by atoms with Crippen LogP contribution in [-0.4, -0.2) is 0 Å². The predicted octanol–water partition coefficient (Wildman–Crippen LogP) is 3.49. The van der Waals surface area contributed by atoms with Gasteiger partial charge in [-0.1, -0.05) is 30.7 Å². The number of hydrogen-bond donors (Lipinski definition) is 0. The standard InChI is InChI=1S/C9H17P/c10-9-7-5-3-1-2-4-6-8-9/h7H,1-6,8,10H2/b9-7+. The topological polar surface area (TPSA) is 0 Å². The molecule has 0 fully saturated rings. The molecular weight excluding hydrogens is 139 g/mol. The summed E-state index contributed by atoms with van der Waals surface area (Å²) in [5.74, 6) is 0. The van der Waals surface area contributed by atoms with Crippen molar-refractivity contribution in [3.8, 4) is 0 Å². The van der Waals surface area contributed by atoms with Gasteiger partial charge in [0, 0.05) is 0 Å². The van der Waals surface area contributed by atoms with Crippen molar-refractivity contribution in [1.29, 1.82) is 0 Å². The fourth-order valence-electron chi connectivity index (χ4n) is 1.39. The van der Waals surface area contributed by atoms with Crippen LogP contribution >= 0.6 is 9.24 Å². The van der Waals surface area contributed by atoms with Crippen LogP contribution in [0, 0.1) is 0 Å². The Bertz CT molecular complexity index is 116. The van der Waals surface area contributed by atoms with Gasteiger partial charge in [-0.05, 0) is 25.7 Å². The Kier molecular flexibility index (Phi) is 4.06. The van der Waals surface area contributed by atoms with E-state index in [4.69, 9.17) is 0 Å². The first kappa shape index (κ1) is 8.27. The van der Waals surface area contributed by atoms with Crippen molar-refractivity contribution in [2.45, 2.75) is 44.9 Å². The normalized spacial score (nSPS) is 27.5. The maximum atomic E-state index is 2.85. The number of hydrogen-bond acceptors (Lipinski definition) is 0. The van der Waals surface area contributed by atoms with Gasteiger partial charge in [0.2, 0.25) is 0 Å². The molecule has 1 aliphatic carbocycles. The highest BCUT2D eigenvalue weighted by Crippen LogP contribution is 2.20. The van der Waals surface area contributed by atoms with E-state index in [9.17, 15) is 0 Å². The quantitative estimate of drug-likeness (QED) is 0.471. The Hall–Kier alpha value is 0.170. The first-order chi connectivity index (χ1) is 4.89. The minimum absolute atomic E-state index is 1.30. The molecule has 1 heteroatoms. The van der Waals surface area contributed by atoms with Crippen LogP contribution in [0.4, 0.5) is 0 Å². The monoisotopic (exact) mass is 156 g/mol. The molecule has 1 aliphatic rings. The minimum atomic E-state index is 1.30. The molecule has 1 rings (SSSR count). The molecule has 0 nitrogen and oxygen atoms in total. The molecule has 0 aromatic heterocycles. The van der Waals surface area contributed by atoms with Crippen LogP contribution < -0.4 is 0 Å². The van der Waals surface area contributed by atoms with E-state index < -0.39 is 0 Å². The summed E-state index contributed by atoms with van der Waals surface area (Å²) in [4.78, 5) is 0. The fourth-order valence-corrected chi connectivity index (χ4v) is 1.76. The second-order valence-electron chi connectivity index (χ2n) is 3.09. The summed E-state index contributed by atoms with van der Waals surface area (Å²) in [6.45, 7) is 0. The molecule has 0 saturated carbocycles. The average molecular weight is 156 g/mol. The van der Waals surface area contributed by atoms with Crippen LogP contribution in [0.25, 0.3) is 0 Å². The van der Waals surface area contributed by atoms with E-state index in [0.29, 0.717) is 0 Å². The molecule has 1 atom stereocenters. The van der Waals surface area contributed by atoms with E-state index in [2.05, 4.69) is 15.3 Å². The molecule has 0 amide bonds. The van der Waals surface area contributed by atoms with Crippen LogP contribution in [0.5, 0.6) is 0 Å². The Labute approximate surface area is 66.3 Å². The summed E-state index contributed by atoms with van der Waals surface area (Å²) in [6.07, 6.45) is 12.1. The molecule has 0 radical (unpaired) electrons. The lowest BCUT2D eigenvalue weighted by Gasteiger charge is -1.96. The van der Waals surface area contributed by atoms with E-state index in [1.165, 1.54) is 50.3 Å². The lowest BCUT2D eigenvalue weighted by Crippen LogP contribution is -1.75. The predicted molar refractivity (Wildman–Crippen MR) is 50.1 cm³/mol. The van der Waals surface area contributed by atoms with Crippen molar-refractivity contribution in [3.63, 3.8) is 0 Å². The van der Waals surface area contributed by atoms with Crippen LogP contribution in [0.2, 0.25) is 0 Å². The van der Waals surface area contributed by atoms with Gasteiger partial charge in [-0.15, -0.1) is 9.24 Å². The number of rotatable bonds is 0. The van der Waals surface area contributed by atoms with Crippen LogP contribution in [0.1, 0.15) is 44.9 Å². The third kappa shape index (κ3) is 3.37. The van der Waals surface area contributed by atoms with E-state index in [1.807, 2.05) is 0 Å².